The molecule has 0 radical (unpaired) electrons. The molecule has 0 saturated carbocycles. The molecule has 0 aliphatic heterocycles. The highest BCUT2D eigenvalue weighted by Gasteiger charge is 2.09. The zero-order valence-corrected chi connectivity index (χ0v) is 13.2. The minimum atomic E-state index is -0.276. The molecular formula is C13H10Br2N2O2. The van der Waals surface area contributed by atoms with E-state index in [1.807, 2.05) is 6.07 Å². The standard InChI is InChI=1S/C13H10Br2N2O2/c1-19-10-6-8(14)5-9(7-10)16-13(18)11-3-2-4-12(15)17-11/h2-7H,1H3,(H,16,18). The molecule has 0 bridgehead atoms. The number of aromatic nitrogens is 1. The van der Waals surface area contributed by atoms with Crippen LogP contribution in [0.4, 0.5) is 5.69 Å². The Morgan fingerprint density at radius 1 is 1.26 bits per heavy atom. The predicted molar refractivity (Wildman–Crippen MR) is 80.6 cm³/mol. The van der Waals surface area contributed by atoms with Crippen molar-refractivity contribution in [1.82, 2.24) is 4.98 Å². The Morgan fingerprint density at radius 2 is 2.05 bits per heavy atom. The fraction of sp³-hybridized carbons (Fsp3) is 0.0769. The summed E-state index contributed by atoms with van der Waals surface area (Å²) in [5, 5.41) is 2.77. The number of hydrogen-bond acceptors (Lipinski definition) is 3. The van der Waals surface area contributed by atoms with Crippen LogP contribution in [0.1, 0.15) is 10.5 Å². The summed E-state index contributed by atoms with van der Waals surface area (Å²) < 4.78 is 6.58. The van der Waals surface area contributed by atoms with Crippen molar-refractivity contribution in [2.24, 2.45) is 0 Å². The van der Waals surface area contributed by atoms with E-state index in [-0.39, 0.29) is 5.91 Å². The molecule has 1 N–H and O–H groups in total. The SMILES string of the molecule is COc1cc(Br)cc(NC(=O)c2cccc(Br)n2)c1. The van der Waals surface area contributed by atoms with Crippen molar-refractivity contribution in [3.05, 3.63) is 51.2 Å². The van der Waals surface area contributed by atoms with Crippen molar-refractivity contribution in [2.75, 3.05) is 12.4 Å². The van der Waals surface area contributed by atoms with Crippen LogP contribution >= 0.6 is 31.9 Å². The number of methoxy groups -OCH3 is 1. The molecule has 1 amide bonds. The summed E-state index contributed by atoms with van der Waals surface area (Å²) in [5.41, 5.74) is 0.978. The quantitative estimate of drug-likeness (QED) is 0.816. The molecule has 2 aromatic rings. The van der Waals surface area contributed by atoms with E-state index in [9.17, 15) is 4.79 Å². The summed E-state index contributed by atoms with van der Waals surface area (Å²) in [5.74, 6) is 0.383. The number of carbonyl (C=O) groups is 1. The number of halogens is 2. The second-order valence-electron chi connectivity index (χ2n) is 3.68. The number of benzene rings is 1. The highest BCUT2D eigenvalue weighted by Crippen LogP contribution is 2.24. The van der Waals surface area contributed by atoms with Crippen LogP contribution < -0.4 is 10.1 Å². The maximum atomic E-state index is 12.0. The zero-order valence-electron chi connectivity index (χ0n) is 9.98. The van der Waals surface area contributed by atoms with Crippen LogP contribution in [-0.2, 0) is 0 Å². The number of nitrogens with one attached hydrogen (secondary N) is 1. The van der Waals surface area contributed by atoms with E-state index < -0.39 is 0 Å². The number of hydrogen-bond donors (Lipinski definition) is 1. The molecule has 0 saturated heterocycles. The smallest absolute Gasteiger partial charge is 0.274 e. The average molecular weight is 386 g/mol. The zero-order chi connectivity index (χ0) is 13.8. The maximum Gasteiger partial charge on any atom is 0.274 e. The third-order valence-electron chi connectivity index (χ3n) is 2.31. The number of nitrogens with zero attached hydrogens (tertiary/aromatic N) is 1. The number of anilines is 1. The Kier molecular flexibility index (Phi) is 4.55. The molecule has 1 aromatic heterocycles. The van der Waals surface area contributed by atoms with Crippen molar-refractivity contribution in [3.8, 4) is 5.75 Å². The van der Waals surface area contributed by atoms with Gasteiger partial charge in [-0.2, -0.15) is 0 Å². The lowest BCUT2D eigenvalue weighted by Crippen LogP contribution is -2.13. The van der Waals surface area contributed by atoms with Gasteiger partial charge in [0.2, 0.25) is 0 Å². The lowest BCUT2D eigenvalue weighted by Gasteiger charge is -2.08. The summed E-state index contributed by atoms with van der Waals surface area (Å²) in [6.07, 6.45) is 0. The summed E-state index contributed by atoms with van der Waals surface area (Å²) in [6, 6.07) is 10.5. The van der Waals surface area contributed by atoms with E-state index in [0.717, 1.165) is 4.47 Å². The summed E-state index contributed by atoms with van der Waals surface area (Å²) in [7, 11) is 1.57. The molecule has 0 fully saturated rings. The van der Waals surface area contributed by atoms with E-state index in [4.69, 9.17) is 4.74 Å². The molecule has 0 atom stereocenters. The van der Waals surface area contributed by atoms with Gasteiger partial charge in [-0.3, -0.25) is 4.79 Å². The van der Waals surface area contributed by atoms with Gasteiger partial charge in [-0.1, -0.05) is 22.0 Å². The molecule has 0 spiro atoms. The lowest BCUT2D eigenvalue weighted by atomic mass is 10.2. The van der Waals surface area contributed by atoms with Crippen LogP contribution in [0.5, 0.6) is 5.75 Å². The molecule has 2 rings (SSSR count). The van der Waals surface area contributed by atoms with Crippen LogP contribution in [0.3, 0.4) is 0 Å². The minimum absolute atomic E-state index is 0.276. The first-order chi connectivity index (χ1) is 9.08. The van der Waals surface area contributed by atoms with Crippen molar-refractivity contribution in [1.29, 1.82) is 0 Å². The summed E-state index contributed by atoms with van der Waals surface area (Å²) in [4.78, 5) is 16.1. The fourth-order valence-electron chi connectivity index (χ4n) is 1.48. The van der Waals surface area contributed by atoms with Crippen molar-refractivity contribution >= 4 is 43.5 Å². The predicted octanol–water partition coefficient (Wildman–Crippen LogP) is 3.87. The van der Waals surface area contributed by atoms with E-state index in [0.29, 0.717) is 21.7 Å². The second-order valence-corrected chi connectivity index (χ2v) is 5.41. The highest BCUT2D eigenvalue weighted by molar-refractivity contribution is 9.10. The number of amides is 1. The molecule has 98 valence electrons. The van der Waals surface area contributed by atoms with Crippen LogP contribution in [0.2, 0.25) is 0 Å². The number of rotatable bonds is 3. The van der Waals surface area contributed by atoms with Crippen LogP contribution in [0.25, 0.3) is 0 Å². The fourth-order valence-corrected chi connectivity index (χ4v) is 2.30. The van der Waals surface area contributed by atoms with E-state index in [2.05, 4.69) is 42.2 Å². The largest absolute Gasteiger partial charge is 0.497 e. The molecular weight excluding hydrogens is 376 g/mol. The van der Waals surface area contributed by atoms with Crippen molar-refractivity contribution in [3.63, 3.8) is 0 Å². The number of carbonyl (C=O) groups excluding carboxylic acids is 1. The first-order valence-electron chi connectivity index (χ1n) is 5.37. The van der Waals surface area contributed by atoms with E-state index >= 15 is 0 Å². The molecule has 19 heavy (non-hydrogen) atoms. The Labute approximate surface area is 127 Å². The van der Waals surface area contributed by atoms with Gasteiger partial charge < -0.3 is 10.1 Å². The van der Waals surface area contributed by atoms with Crippen molar-refractivity contribution in [2.45, 2.75) is 0 Å². The second kappa shape index (κ2) is 6.16. The first kappa shape index (κ1) is 14.0. The molecule has 6 heteroatoms. The summed E-state index contributed by atoms with van der Waals surface area (Å²) in [6.45, 7) is 0. The van der Waals surface area contributed by atoms with Crippen LogP contribution in [-0.4, -0.2) is 18.0 Å². The Morgan fingerprint density at radius 3 is 2.74 bits per heavy atom. The Balaban J connectivity index is 2.21. The molecule has 0 unspecified atom stereocenters. The van der Waals surface area contributed by atoms with Gasteiger partial charge in [0.1, 0.15) is 16.0 Å². The minimum Gasteiger partial charge on any atom is -0.497 e. The van der Waals surface area contributed by atoms with Gasteiger partial charge in [0.05, 0.1) is 7.11 Å². The van der Waals surface area contributed by atoms with Gasteiger partial charge in [-0.15, -0.1) is 0 Å². The van der Waals surface area contributed by atoms with E-state index in [1.54, 1.807) is 37.4 Å². The third kappa shape index (κ3) is 3.78. The Bertz CT molecular complexity index is 617. The normalized spacial score (nSPS) is 10.1. The third-order valence-corrected chi connectivity index (χ3v) is 3.21. The van der Waals surface area contributed by atoms with Gasteiger partial charge in [0.15, 0.2) is 0 Å². The van der Waals surface area contributed by atoms with Gasteiger partial charge in [0.25, 0.3) is 5.91 Å². The molecule has 1 heterocycles. The van der Waals surface area contributed by atoms with Crippen molar-refractivity contribution < 1.29 is 9.53 Å². The molecule has 1 aromatic carbocycles. The number of ether oxygens (including phenoxy) is 1. The maximum absolute atomic E-state index is 12.0. The molecule has 0 aliphatic rings. The van der Waals surface area contributed by atoms with Gasteiger partial charge in [-0.25, -0.2) is 4.98 Å². The molecule has 0 aliphatic carbocycles. The van der Waals surface area contributed by atoms with Crippen LogP contribution in [0.15, 0.2) is 45.5 Å². The number of pyridine rings is 1. The topological polar surface area (TPSA) is 51.2 Å². The summed E-state index contributed by atoms with van der Waals surface area (Å²) >= 11 is 6.59. The van der Waals surface area contributed by atoms with Gasteiger partial charge in [0, 0.05) is 16.2 Å². The Hall–Kier alpha value is -1.40. The highest BCUT2D eigenvalue weighted by atomic mass is 79.9. The molecule has 4 nitrogen and oxygen atoms in total. The first-order valence-corrected chi connectivity index (χ1v) is 6.95. The van der Waals surface area contributed by atoms with Gasteiger partial charge >= 0.3 is 0 Å². The monoisotopic (exact) mass is 384 g/mol. The van der Waals surface area contributed by atoms with Crippen LogP contribution in [0, 0.1) is 0 Å². The average Bonchev–Trinajstić information content (AvgIpc) is 2.38. The van der Waals surface area contributed by atoms with E-state index in [1.165, 1.54) is 0 Å². The lowest BCUT2D eigenvalue weighted by molar-refractivity contribution is 0.102. The van der Waals surface area contributed by atoms with Gasteiger partial charge in [-0.05, 0) is 40.2 Å².